The number of hydrogen-bond acceptors (Lipinski definition) is 10. The molecule has 3 aromatic rings. The Bertz CT molecular complexity index is 1180. The Labute approximate surface area is 221 Å². The van der Waals surface area contributed by atoms with Crippen LogP contribution in [0, 0.1) is 0 Å². The predicted octanol–water partition coefficient (Wildman–Crippen LogP) is 3.18. The molecule has 3 aliphatic rings. The van der Waals surface area contributed by atoms with Gasteiger partial charge >= 0.3 is 0 Å². The Kier molecular flexibility index (Phi) is 7.84. The molecule has 1 aliphatic heterocycles. The summed E-state index contributed by atoms with van der Waals surface area (Å²) in [6, 6.07) is 1.11. The molecule has 2 aliphatic carbocycles. The summed E-state index contributed by atoms with van der Waals surface area (Å²) in [7, 11) is 0. The van der Waals surface area contributed by atoms with Crippen molar-refractivity contribution in [1.29, 1.82) is 0 Å². The summed E-state index contributed by atoms with van der Waals surface area (Å²) >= 11 is 1.82. The summed E-state index contributed by atoms with van der Waals surface area (Å²) in [4.78, 5) is 15.1. The number of ether oxygens (including phenoxy) is 2. The zero-order valence-electron chi connectivity index (χ0n) is 21.3. The number of anilines is 3. The molecular weight excluding hydrogens is 490 g/mol. The second kappa shape index (κ2) is 11.6. The Morgan fingerprint density at radius 3 is 2.81 bits per heavy atom. The van der Waals surface area contributed by atoms with Crippen LogP contribution in [0.15, 0.2) is 12.4 Å². The standard InChI is InChI=1S/C26H37N7O3S/c34-11-15-36-14-10-33-17-19(16-27-33)29-26-30-24(23-21-2-1-3-22(21)37-25(23)31-26)28-18-4-6-20(7-5-18)32-8-12-35-13-9-32/h16-18,20,34H,1-15H2,(H2,28,29,30,31). The molecule has 3 aromatic heterocycles. The molecule has 6 rings (SSSR count). The molecule has 0 radical (unpaired) electrons. The van der Waals surface area contributed by atoms with Crippen LogP contribution in [-0.2, 0) is 28.9 Å². The van der Waals surface area contributed by atoms with E-state index in [0.717, 1.165) is 68.3 Å². The first kappa shape index (κ1) is 25.0. The highest BCUT2D eigenvalue weighted by Crippen LogP contribution is 2.41. The fraction of sp³-hybridized carbons (Fsp3) is 0.654. The second-order valence-electron chi connectivity index (χ2n) is 10.2. The molecule has 0 spiro atoms. The summed E-state index contributed by atoms with van der Waals surface area (Å²) < 4.78 is 12.7. The molecule has 37 heavy (non-hydrogen) atoms. The van der Waals surface area contributed by atoms with Gasteiger partial charge in [-0.1, -0.05) is 0 Å². The maximum absolute atomic E-state index is 8.85. The van der Waals surface area contributed by atoms with E-state index in [4.69, 9.17) is 24.5 Å². The Morgan fingerprint density at radius 2 is 1.97 bits per heavy atom. The summed E-state index contributed by atoms with van der Waals surface area (Å²) in [6.07, 6.45) is 12.0. The summed E-state index contributed by atoms with van der Waals surface area (Å²) in [6.45, 7) is 5.37. The average molecular weight is 528 g/mol. The van der Waals surface area contributed by atoms with Gasteiger partial charge in [-0.2, -0.15) is 10.1 Å². The molecule has 0 bridgehead atoms. The third kappa shape index (κ3) is 5.75. The van der Waals surface area contributed by atoms with Crippen molar-refractivity contribution in [3.63, 3.8) is 0 Å². The van der Waals surface area contributed by atoms with Crippen molar-refractivity contribution in [2.75, 3.05) is 56.8 Å². The SMILES string of the molecule is OCCOCCn1cc(Nc2nc(NC3CCC(N4CCOCC4)CC3)c3c4c(sc3n2)CCC4)cn1. The highest BCUT2D eigenvalue weighted by Gasteiger charge is 2.29. The average Bonchev–Trinajstić information content (AvgIpc) is 3.64. The number of nitrogens with zero attached hydrogens (tertiary/aromatic N) is 5. The fourth-order valence-corrected chi connectivity index (χ4v) is 7.14. The summed E-state index contributed by atoms with van der Waals surface area (Å²) in [5.41, 5.74) is 2.30. The molecular formula is C26H37N7O3S. The fourth-order valence-electron chi connectivity index (χ4n) is 5.88. The van der Waals surface area contributed by atoms with Gasteiger partial charge in [0.15, 0.2) is 0 Å². The summed E-state index contributed by atoms with van der Waals surface area (Å²) in [5.74, 6) is 1.58. The number of fused-ring (bicyclic) bond motifs is 3. The topological polar surface area (TPSA) is 110 Å². The lowest BCUT2D eigenvalue weighted by molar-refractivity contribution is 0.00791. The molecule has 10 nitrogen and oxygen atoms in total. The number of aromatic nitrogens is 4. The van der Waals surface area contributed by atoms with Crippen molar-refractivity contribution in [2.45, 2.75) is 63.6 Å². The number of aliphatic hydroxyl groups excluding tert-OH is 1. The van der Waals surface area contributed by atoms with Crippen molar-refractivity contribution in [1.82, 2.24) is 24.6 Å². The number of rotatable bonds is 10. The number of aliphatic hydroxyl groups is 1. The largest absolute Gasteiger partial charge is 0.394 e. The van der Waals surface area contributed by atoms with Crippen molar-refractivity contribution in [3.8, 4) is 0 Å². The minimum Gasteiger partial charge on any atom is -0.394 e. The number of nitrogens with one attached hydrogen (secondary N) is 2. The molecule has 0 amide bonds. The molecule has 11 heteroatoms. The lowest BCUT2D eigenvalue weighted by Crippen LogP contribution is -2.46. The van der Waals surface area contributed by atoms with Gasteiger partial charge in [-0.3, -0.25) is 9.58 Å². The van der Waals surface area contributed by atoms with Crippen molar-refractivity contribution < 1.29 is 14.6 Å². The van der Waals surface area contributed by atoms with E-state index in [2.05, 4.69) is 20.6 Å². The van der Waals surface area contributed by atoms with Crippen LogP contribution in [0.5, 0.6) is 0 Å². The smallest absolute Gasteiger partial charge is 0.230 e. The molecule has 1 saturated heterocycles. The first-order valence-corrected chi connectivity index (χ1v) is 14.5. The van der Waals surface area contributed by atoms with Crippen LogP contribution in [0.1, 0.15) is 42.5 Å². The highest BCUT2D eigenvalue weighted by molar-refractivity contribution is 7.19. The summed E-state index contributed by atoms with van der Waals surface area (Å²) in [5, 5.41) is 21.7. The van der Waals surface area contributed by atoms with E-state index in [0.29, 0.717) is 37.8 Å². The number of thiophene rings is 1. The Balaban J connectivity index is 1.16. The first-order chi connectivity index (χ1) is 18.3. The molecule has 3 N–H and O–H groups in total. The van der Waals surface area contributed by atoms with Gasteiger partial charge < -0.3 is 25.2 Å². The predicted molar refractivity (Wildman–Crippen MR) is 145 cm³/mol. The van der Waals surface area contributed by atoms with Gasteiger partial charge in [-0.05, 0) is 50.5 Å². The van der Waals surface area contributed by atoms with E-state index in [1.807, 2.05) is 22.2 Å². The first-order valence-electron chi connectivity index (χ1n) is 13.7. The normalized spacial score (nSPS) is 22.4. The quantitative estimate of drug-likeness (QED) is 0.343. The van der Waals surface area contributed by atoms with Gasteiger partial charge in [-0.25, -0.2) is 4.98 Å². The number of hydrogen-bond donors (Lipinski definition) is 3. The zero-order valence-corrected chi connectivity index (χ0v) is 22.1. The molecule has 200 valence electrons. The van der Waals surface area contributed by atoms with Crippen molar-refractivity contribution >= 4 is 39.0 Å². The molecule has 4 heterocycles. The van der Waals surface area contributed by atoms with Crippen LogP contribution < -0.4 is 10.6 Å². The lowest BCUT2D eigenvalue weighted by Gasteiger charge is -2.39. The van der Waals surface area contributed by atoms with E-state index >= 15 is 0 Å². The van der Waals surface area contributed by atoms with Gasteiger partial charge in [0.1, 0.15) is 10.6 Å². The Morgan fingerprint density at radius 1 is 1.11 bits per heavy atom. The number of aryl methyl sites for hydroxylation is 2. The highest BCUT2D eigenvalue weighted by atomic mass is 32.1. The van der Waals surface area contributed by atoms with Crippen molar-refractivity contribution in [2.24, 2.45) is 0 Å². The molecule has 2 fully saturated rings. The van der Waals surface area contributed by atoms with E-state index in [1.54, 1.807) is 6.20 Å². The Hall–Kier alpha value is -2.31. The van der Waals surface area contributed by atoms with E-state index < -0.39 is 0 Å². The third-order valence-electron chi connectivity index (χ3n) is 7.75. The van der Waals surface area contributed by atoms with Gasteiger partial charge in [0.2, 0.25) is 5.95 Å². The van der Waals surface area contributed by atoms with Crippen LogP contribution >= 0.6 is 11.3 Å². The van der Waals surface area contributed by atoms with E-state index in [-0.39, 0.29) is 6.61 Å². The molecule has 0 aromatic carbocycles. The minimum atomic E-state index is 0.0313. The zero-order chi connectivity index (χ0) is 25.0. The van der Waals surface area contributed by atoms with Crippen LogP contribution in [0.25, 0.3) is 10.2 Å². The van der Waals surface area contributed by atoms with Gasteiger partial charge in [0.05, 0.1) is 56.8 Å². The third-order valence-corrected chi connectivity index (χ3v) is 8.94. The van der Waals surface area contributed by atoms with Crippen LogP contribution in [0.3, 0.4) is 0 Å². The van der Waals surface area contributed by atoms with Crippen LogP contribution in [0.2, 0.25) is 0 Å². The lowest BCUT2D eigenvalue weighted by atomic mass is 9.90. The van der Waals surface area contributed by atoms with Gasteiger partial charge in [0.25, 0.3) is 0 Å². The van der Waals surface area contributed by atoms with E-state index in [9.17, 15) is 0 Å². The van der Waals surface area contributed by atoms with Gasteiger partial charge in [-0.15, -0.1) is 11.3 Å². The molecule has 0 unspecified atom stereocenters. The number of morpholine rings is 1. The molecule has 1 saturated carbocycles. The second-order valence-corrected chi connectivity index (χ2v) is 11.3. The molecule has 0 atom stereocenters. The van der Waals surface area contributed by atoms with Crippen LogP contribution in [0.4, 0.5) is 17.5 Å². The van der Waals surface area contributed by atoms with E-state index in [1.165, 1.54) is 35.1 Å². The monoisotopic (exact) mass is 527 g/mol. The minimum absolute atomic E-state index is 0.0313. The maximum atomic E-state index is 8.85. The van der Waals surface area contributed by atoms with Crippen molar-refractivity contribution in [3.05, 3.63) is 22.8 Å². The maximum Gasteiger partial charge on any atom is 0.230 e. The van der Waals surface area contributed by atoms with Crippen LogP contribution in [-0.4, -0.2) is 88.0 Å². The van der Waals surface area contributed by atoms with Gasteiger partial charge in [0, 0.05) is 36.2 Å².